The summed E-state index contributed by atoms with van der Waals surface area (Å²) in [7, 11) is 2.03. The molecule has 0 aliphatic carbocycles. The number of hydrogen-bond acceptors (Lipinski definition) is 2. The summed E-state index contributed by atoms with van der Waals surface area (Å²) in [6.45, 7) is 1.54. The molecule has 2 aromatic carbocycles. The quantitative estimate of drug-likeness (QED) is 0.539. The van der Waals surface area contributed by atoms with E-state index in [2.05, 4.69) is 11.0 Å². The summed E-state index contributed by atoms with van der Waals surface area (Å²) < 4.78 is 30.6. The monoisotopic (exact) mass is 363 g/mol. The van der Waals surface area contributed by atoms with Crippen LogP contribution in [0.2, 0.25) is 0 Å². The Hall–Kier alpha value is -2.17. The number of benzene rings is 2. The third-order valence-corrected chi connectivity index (χ3v) is 3.92. The molecule has 2 nitrogen and oxygen atoms in total. The Morgan fingerprint density at radius 2 is 1.80 bits per heavy atom. The van der Waals surface area contributed by atoms with Gasteiger partial charge in [0.05, 0.1) is 6.26 Å². The van der Waals surface area contributed by atoms with Crippen molar-refractivity contribution in [3.05, 3.63) is 77.6 Å². The minimum absolute atomic E-state index is 0. The lowest BCUT2D eigenvalue weighted by Gasteiger charge is -2.13. The molecule has 0 saturated heterocycles. The van der Waals surface area contributed by atoms with E-state index in [-0.39, 0.29) is 18.0 Å². The maximum Gasteiger partial charge on any atom is 0.263 e. The molecule has 0 aliphatic heterocycles. The molecule has 0 unspecified atom stereocenters. The third kappa shape index (κ3) is 4.91. The lowest BCUT2D eigenvalue weighted by atomic mass is 10.1. The molecule has 0 N–H and O–H groups in total. The van der Waals surface area contributed by atoms with E-state index in [1.807, 2.05) is 37.4 Å². The van der Waals surface area contributed by atoms with E-state index in [0.717, 1.165) is 35.2 Å². The number of rotatable bonds is 6. The molecule has 132 valence electrons. The highest BCUT2D eigenvalue weighted by atomic mass is 35.5. The second-order valence-corrected chi connectivity index (χ2v) is 5.82. The molecule has 0 amide bonds. The van der Waals surface area contributed by atoms with E-state index in [9.17, 15) is 8.78 Å². The average molecular weight is 364 g/mol. The van der Waals surface area contributed by atoms with Crippen molar-refractivity contribution in [2.45, 2.75) is 13.0 Å². The molecule has 25 heavy (non-hydrogen) atoms. The SMILES string of the molecule is CN(C/C=C/c1ccc(C(F)F)cc1)Cc1coc2ccccc12.Cl. The topological polar surface area (TPSA) is 16.4 Å². The molecular formula is C20H20ClF2NO. The summed E-state index contributed by atoms with van der Waals surface area (Å²) in [5, 5.41) is 1.14. The van der Waals surface area contributed by atoms with Crippen LogP contribution in [0.25, 0.3) is 17.0 Å². The van der Waals surface area contributed by atoms with Crippen molar-refractivity contribution in [2.24, 2.45) is 0 Å². The van der Waals surface area contributed by atoms with Crippen LogP contribution in [-0.2, 0) is 6.54 Å². The molecule has 0 saturated carbocycles. The lowest BCUT2D eigenvalue weighted by Crippen LogP contribution is -2.17. The van der Waals surface area contributed by atoms with Gasteiger partial charge in [-0.15, -0.1) is 12.4 Å². The van der Waals surface area contributed by atoms with Crippen LogP contribution in [0.15, 0.2) is 65.3 Å². The Bertz CT molecular complexity index is 827. The smallest absolute Gasteiger partial charge is 0.263 e. The Balaban J connectivity index is 0.00000225. The van der Waals surface area contributed by atoms with E-state index < -0.39 is 6.43 Å². The Morgan fingerprint density at radius 3 is 2.52 bits per heavy atom. The number of furan rings is 1. The number of para-hydroxylation sites is 1. The summed E-state index contributed by atoms with van der Waals surface area (Å²) in [6, 6.07) is 14.3. The highest BCUT2D eigenvalue weighted by molar-refractivity contribution is 5.85. The number of halogens is 3. The summed E-state index contributed by atoms with van der Waals surface area (Å²) in [5.41, 5.74) is 3.02. The second kappa shape index (κ2) is 8.79. The highest BCUT2D eigenvalue weighted by Gasteiger charge is 2.07. The molecule has 0 spiro atoms. The molecule has 1 heterocycles. The van der Waals surface area contributed by atoms with Crippen molar-refractivity contribution in [1.82, 2.24) is 4.90 Å². The van der Waals surface area contributed by atoms with Crippen LogP contribution in [0.1, 0.15) is 23.1 Å². The zero-order chi connectivity index (χ0) is 16.9. The van der Waals surface area contributed by atoms with Gasteiger partial charge in [0, 0.05) is 29.6 Å². The number of alkyl halides is 2. The number of likely N-dealkylation sites (N-methyl/N-ethyl adjacent to an activating group) is 1. The highest BCUT2D eigenvalue weighted by Crippen LogP contribution is 2.22. The molecule has 0 fully saturated rings. The number of hydrogen-bond donors (Lipinski definition) is 0. The van der Waals surface area contributed by atoms with Gasteiger partial charge in [-0.2, -0.15) is 0 Å². The van der Waals surface area contributed by atoms with Gasteiger partial charge in [-0.05, 0) is 18.7 Å². The predicted molar refractivity (Wildman–Crippen MR) is 100 cm³/mol. The Kier molecular flexibility index (Phi) is 6.73. The minimum Gasteiger partial charge on any atom is -0.464 e. The van der Waals surface area contributed by atoms with Crippen LogP contribution < -0.4 is 0 Å². The lowest BCUT2D eigenvalue weighted by molar-refractivity contribution is 0.151. The number of nitrogens with zero attached hydrogens (tertiary/aromatic N) is 1. The first-order valence-electron chi connectivity index (χ1n) is 7.82. The fourth-order valence-corrected chi connectivity index (χ4v) is 2.63. The molecule has 5 heteroatoms. The Morgan fingerprint density at radius 1 is 1.08 bits per heavy atom. The van der Waals surface area contributed by atoms with Gasteiger partial charge in [0.25, 0.3) is 6.43 Å². The van der Waals surface area contributed by atoms with Crippen LogP contribution in [0.3, 0.4) is 0 Å². The first-order chi connectivity index (χ1) is 11.6. The Labute approximate surface area is 152 Å². The normalized spacial score (nSPS) is 11.6. The third-order valence-electron chi connectivity index (χ3n) is 3.92. The maximum atomic E-state index is 12.5. The van der Waals surface area contributed by atoms with Crippen molar-refractivity contribution < 1.29 is 13.2 Å². The molecule has 1 aromatic heterocycles. The maximum absolute atomic E-state index is 12.5. The first kappa shape index (κ1) is 19.2. The van der Waals surface area contributed by atoms with Gasteiger partial charge in [-0.25, -0.2) is 8.78 Å². The summed E-state index contributed by atoms with van der Waals surface area (Å²) in [6.07, 6.45) is 3.35. The number of fused-ring (bicyclic) bond motifs is 1. The van der Waals surface area contributed by atoms with Gasteiger partial charge in [0.2, 0.25) is 0 Å². The largest absolute Gasteiger partial charge is 0.464 e. The molecule has 0 radical (unpaired) electrons. The van der Waals surface area contributed by atoms with E-state index >= 15 is 0 Å². The van der Waals surface area contributed by atoms with E-state index in [4.69, 9.17) is 4.42 Å². The molecule has 3 aromatic rings. The predicted octanol–water partition coefficient (Wildman–Crippen LogP) is 5.94. The van der Waals surface area contributed by atoms with Crippen molar-refractivity contribution in [3.8, 4) is 0 Å². The minimum atomic E-state index is -2.42. The standard InChI is InChI=1S/C20H19F2NO.ClH/c1-23(13-17-14-24-19-7-3-2-6-18(17)19)12-4-5-15-8-10-16(11-9-15)20(21)22;/h2-11,14,20H,12-13H2,1H3;1H/b5-4+;. The van der Waals surface area contributed by atoms with Gasteiger partial charge < -0.3 is 4.42 Å². The van der Waals surface area contributed by atoms with Gasteiger partial charge >= 0.3 is 0 Å². The van der Waals surface area contributed by atoms with Crippen LogP contribution >= 0.6 is 12.4 Å². The van der Waals surface area contributed by atoms with Crippen molar-refractivity contribution >= 4 is 29.5 Å². The van der Waals surface area contributed by atoms with Gasteiger partial charge in [-0.3, -0.25) is 4.90 Å². The molecular weight excluding hydrogens is 344 g/mol. The molecule has 0 aliphatic rings. The second-order valence-electron chi connectivity index (χ2n) is 5.82. The van der Waals surface area contributed by atoms with Crippen LogP contribution in [0.4, 0.5) is 8.78 Å². The summed E-state index contributed by atoms with van der Waals surface area (Å²) in [4.78, 5) is 2.17. The fourth-order valence-electron chi connectivity index (χ4n) is 2.63. The average Bonchev–Trinajstić information content (AvgIpc) is 2.98. The molecule has 0 bridgehead atoms. The zero-order valence-corrected chi connectivity index (χ0v) is 14.7. The van der Waals surface area contributed by atoms with Crippen molar-refractivity contribution in [2.75, 3.05) is 13.6 Å². The molecule has 0 atom stereocenters. The first-order valence-corrected chi connectivity index (χ1v) is 7.82. The van der Waals surface area contributed by atoms with Crippen LogP contribution in [0, 0.1) is 0 Å². The van der Waals surface area contributed by atoms with Gasteiger partial charge in [0.1, 0.15) is 5.58 Å². The van der Waals surface area contributed by atoms with Crippen molar-refractivity contribution in [1.29, 1.82) is 0 Å². The van der Waals surface area contributed by atoms with E-state index in [1.165, 1.54) is 12.1 Å². The van der Waals surface area contributed by atoms with E-state index in [0.29, 0.717) is 0 Å². The van der Waals surface area contributed by atoms with Crippen molar-refractivity contribution in [3.63, 3.8) is 0 Å². The van der Waals surface area contributed by atoms with Crippen LogP contribution in [0.5, 0.6) is 0 Å². The zero-order valence-electron chi connectivity index (χ0n) is 13.9. The fraction of sp³-hybridized carbons (Fsp3) is 0.200. The summed E-state index contributed by atoms with van der Waals surface area (Å²) >= 11 is 0. The molecule has 3 rings (SSSR count). The van der Waals surface area contributed by atoms with Crippen LogP contribution in [-0.4, -0.2) is 18.5 Å². The van der Waals surface area contributed by atoms with Gasteiger partial charge in [-0.1, -0.05) is 54.6 Å². The van der Waals surface area contributed by atoms with Gasteiger partial charge in [0.15, 0.2) is 0 Å². The summed E-state index contributed by atoms with van der Waals surface area (Å²) in [5.74, 6) is 0. The van der Waals surface area contributed by atoms with E-state index in [1.54, 1.807) is 18.4 Å².